The minimum absolute atomic E-state index is 0.125. The Morgan fingerprint density at radius 3 is 2.88 bits per heavy atom. The van der Waals surface area contributed by atoms with Gasteiger partial charge in [-0.05, 0) is 18.1 Å². The standard InChI is InChI=1S/C14H15N3O5S2/c15-24(20,21)13-6-11(17(18)19)14(23-13)16-7-9-5-10-3-1-2-4-12(10)22-8-9/h1-4,6,9,16H,5,7-8H2,(H2,15,20,21). The van der Waals surface area contributed by atoms with Crippen LogP contribution in [0.25, 0.3) is 0 Å². The number of ether oxygens (including phenoxy) is 1. The summed E-state index contributed by atoms with van der Waals surface area (Å²) in [7, 11) is -3.97. The highest BCUT2D eigenvalue weighted by molar-refractivity contribution is 7.91. The number of hydrogen-bond donors (Lipinski definition) is 2. The Kier molecular flexibility index (Phi) is 4.43. The van der Waals surface area contributed by atoms with Crippen molar-refractivity contribution < 1.29 is 18.1 Å². The van der Waals surface area contributed by atoms with Crippen molar-refractivity contribution in [2.24, 2.45) is 11.1 Å². The molecule has 3 rings (SSSR count). The molecule has 1 aliphatic rings. The molecule has 24 heavy (non-hydrogen) atoms. The molecule has 0 aliphatic carbocycles. The number of benzene rings is 1. The average molecular weight is 369 g/mol. The lowest BCUT2D eigenvalue weighted by Gasteiger charge is -2.25. The van der Waals surface area contributed by atoms with Crippen LogP contribution in [0.2, 0.25) is 0 Å². The second-order valence-electron chi connectivity index (χ2n) is 5.45. The number of nitrogens with one attached hydrogen (secondary N) is 1. The van der Waals surface area contributed by atoms with Crippen LogP contribution in [0, 0.1) is 16.0 Å². The van der Waals surface area contributed by atoms with Crippen molar-refractivity contribution in [3.63, 3.8) is 0 Å². The molecule has 0 bridgehead atoms. The summed E-state index contributed by atoms with van der Waals surface area (Å²) in [6, 6.07) is 8.70. The third-order valence-corrected chi connectivity index (χ3v) is 6.18. The van der Waals surface area contributed by atoms with E-state index in [9.17, 15) is 18.5 Å². The van der Waals surface area contributed by atoms with Crippen LogP contribution in [0.5, 0.6) is 5.75 Å². The fourth-order valence-electron chi connectivity index (χ4n) is 2.52. The number of sulfonamides is 1. The lowest BCUT2D eigenvalue weighted by molar-refractivity contribution is -0.383. The summed E-state index contributed by atoms with van der Waals surface area (Å²) in [6.45, 7) is 0.922. The molecule has 0 saturated heterocycles. The van der Waals surface area contributed by atoms with Gasteiger partial charge in [-0.1, -0.05) is 29.5 Å². The van der Waals surface area contributed by atoms with E-state index in [-0.39, 0.29) is 20.8 Å². The highest BCUT2D eigenvalue weighted by atomic mass is 32.2. The number of primary sulfonamides is 1. The van der Waals surface area contributed by atoms with Crippen LogP contribution in [0.4, 0.5) is 10.7 Å². The van der Waals surface area contributed by atoms with E-state index in [2.05, 4.69) is 5.32 Å². The quantitative estimate of drug-likeness (QED) is 0.613. The second kappa shape index (κ2) is 6.38. The van der Waals surface area contributed by atoms with Gasteiger partial charge in [0, 0.05) is 18.5 Å². The number of para-hydroxylation sites is 1. The topological polar surface area (TPSA) is 125 Å². The predicted molar refractivity (Wildman–Crippen MR) is 90.0 cm³/mol. The minimum Gasteiger partial charge on any atom is -0.493 e. The van der Waals surface area contributed by atoms with Crippen LogP contribution in [0.1, 0.15) is 5.56 Å². The molecule has 0 amide bonds. The minimum atomic E-state index is -3.97. The summed E-state index contributed by atoms with van der Waals surface area (Å²) >= 11 is 0.762. The number of hydrogen-bond acceptors (Lipinski definition) is 7. The van der Waals surface area contributed by atoms with Crippen molar-refractivity contribution in [3.05, 3.63) is 46.0 Å². The molecule has 0 fully saturated rings. The number of nitrogens with two attached hydrogens (primary N) is 1. The molecule has 128 valence electrons. The molecule has 0 spiro atoms. The largest absolute Gasteiger partial charge is 0.493 e. The highest BCUT2D eigenvalue weighted by Crippen LogP contribution is 2.37. The van der Waals surface area contributed by atoms with E-state index in [4.69, 9.17) is 9.88 Å². The van der Waals surface area contributed by atoms with E-state index in [1.54, 1.807) is 0 Å². The van der Waals surface area contributed by atoms with Gasteiger partial charge in [0.1, 0.15) is 9.96 Å². The lowest BCUT2D eigenvalue weighted by Crippen LogP contribution is -2.27. The normalized spacial score (nSPS) is 17.0. The Morgan fingerprint density at radius 2 is 2.17 bits per heavy atom. The van der Waals surface area contributed by atoms with E-state index in [1.807, 2.05) is 24.3 Å². The van der Waals surface area contributed by atoms with Crippen LogP contribution in [0.3, 0.4) is 0 Å². The first kappa shape index (κ1) is 16.7. The number of anilines is 1. The predicted octanol–water partition coefficient (Wildman–Crippen LogP) is 1.97. The molecule has 3 N–H and O–H groups in total. The van der Waals surface area contributed by atoms with Crippen molar-refractivity contribution in [3.8, 4) is 5.75 Å². The third kappa shape index (κ3) is 3.50. The molecule has 0 radical (unpaired) electrons. The fraction of sp³-hybridized carbons (Fsp3) is 0.286. The van der Waals surface area contributed by atoms with E-state index in [1.165, 1.54) is 0 Å². The van der Waals surface area contributed by atoms with E-state index >= 15 is 0 Å². The van der Waals surface area contributed by atoms with Crippen LogP contribution in [-0.2, 0) is 16.4 Å². The molecule has 2 heterocycles. The van der Waals surface area contributed by atoms with E-state index in [0.29, 0.717) is 13.2 Å². The van der Waals surface area contributed by atoms with E-state index < -0.39 is 14.9 Å². The Hall–Kier alpha value is -2.17. The smallest absolute Gasteiger partial charge is 0.304 e. The van der Waals surface area contributed by atoms with Crippen molar-refractivity contribution >= 4 is 32.0 Å². The molecule has 1 aliphatic heterocycles. The molecule has 0 saturated carbocycles. The molecule has 1 atom stereocenters. The fourth-order valence-corrected chi connectivity index (χ4v) is 4.28. The number of fused-ring (bicyclic) bond motifs is 1. The first-order valence-electron chi connectivity index (χ1n) is 7.10. The Morgan fingerprint density at radius 1 is 1.42 bits per heavy atom. The summed E-state index contributed by atoms with van der Waals surface area (Å²) in [4.78, 5) is 10.5. The average Bonchev–Trinajstić information content (AvgIpc) is 2.97. The maximum absolute atomic E-state index is 11.4. The molecule has 1 unspecified atom stereocenters. The molecule has 2 aromatic rings. The van der Waals surface area contributed by atoms with Gasteiger partial charge in [-0.2, -0.15) is 0 Å². The van der Waals surface area contributed by atoms with Crippen LogP contribution >= 0.6 is 11.3 Å². The summed E-state index contributed by atoms with van der Waals surface area (Å²) < 4.78 is 28.2. The van der Waals surface area contributed by atoms with Gasteiger partial charge in [-0.3, -0.25) is 10.1 Å². The summed E-state index contributed by atoms with van der Waals surface area (Å²) in [6.07, 6.45) is 0.782. The van der Waals surface area contributed by atoms with Crippen molar-refractivity contribution in [1.29, 1.82) is 0 Å². The molecule has 8 nitrogen and oxygen atoms in total. The first-order chi connectivity index (χ1) is 11.3. The van der Waals surface area contributed by atoms with Crippen molar-refractivity contribution in [2.45, 2.75) is 10.6 Å². The molecular formula is C14H15N3O5S2. The Bertz CT molecular complexity index is 878. The van der Waals surface area contributed by atoms with E-state index in [0.717, 1.165) is 35.1 Å². The maximum Gasteiger partial charge on any atom is 0.304 e. The second-order valence-corrected chi connectivity index (χ2v) is 8.29. The molecular weight excluding hydrogens is 354 g/mol. The van der Waals surface area contributed by atoms with Crippen LogP contribution in [-0.4, -0.2) is 26.5 Å². The lowest BCUT2D eigenvalue weighted by atomic mass is 9.97. The SMILES string of the molecule is NS(=O)(=O)c1cc([N+](=O)[O-])c(NCC2COc3ccccc3C2)s1. The first-order valence-corrected chi connectivity index (χ1v) is 9.46. The van der Waals surface area contributed by atoms with Gasteiger partial charge in [-0.15, -0.1) is 0 Å². The number of nitrogens with zero attached hydrogens (tertiary/aromatic N) is 1. The number of thiophene rings is 1. The third-order valence-electron chi connectivity index (χ3n) is 3.67. The molecule has 10 heteroatoms. The summed E-state index contributed by atoms with van der Waals surface area (Å²) in [5.41, 5.74) is 0.794. The Balaban J connectivity index is 1.73. The number of nitro groups is 1. The van der Waals surface area contributed by atoms with Crippen LogP contribution in [0.15, 0.2) is 34.5 Å². The molecule has 1 aromatic heterocycles. The van der Waals surface area contributed by atoms with Gasteiger partial charge in [0.2, 0.25) is 10.0 Å². The maximum atomic E-state index is 11.4. The highest BCUT2D eigenvalue weighted by Gasteiger charge is 2.25. The van der Waals surface area contributed by atoms with Gasteiger partial charge in [0.15, 0.2) is 5.00 Å². The zero-order valence-corrected chi connectivity index (χ0v) is 14.1. The summed E-state index contributed by atoms with van der Waals surface area (Å²) in [5, 5.41) is 19.3. The molecule has 1 aromatic carbocycles. The monoisotopic (exact) mass is 369 g/mol. The Labute approximate surface area is 142 Å². The zero-order valence-electron chi connectivity index (χ0n) is 12.5. The van der Waals surface area contributed by atoms with Gasteiger partial charge < -0.3 is 10.1 Å². The van der Waals surface area contributed by atoms with Crippen LogP contribution < -0.4 is 15.2 Å². The van der Waals surface area contributed by atoms with Crippen molar-refractivity contribution in [2.75, 3.05) is 18.5 Å². The van der Waals surface area contributed by atoms with Crippen molar-refractivity contribution in [1.82, 2.24) is 0 Å². The number of rotatable bonds is 5. The zero-order chi connectivity index (χ0) is 17.3. The van der Waals surface area contributed by atoms with Gasteiger partial charge >= 0.3 is 5.69 Å². The van der Waals surface area contributed by atoms with Gasteiger partial charge in [0.05, 0.1) is 11.5 Å². The van der Waals surface area contributed by atoms with Gasteiger partial charge in [-0.25, -0.2) is 13.6 Å². The van der Waals surface area contributed by atoms with Gasteiger partial charge in [0.25, 0.3) is 0 Å². The summed E-state index contributed by atoms with van der Waals surface area (Å²) in [5.74, 6) is 0.979.